The lowest BCUT2D eigenvalue weighted by atomic mass is 10.1. The van der Waals surface area contributed by atoms with Crippen molar-refractivity contribution in [2.24, 2.45) is 0 Å². The molecule has 4 aromatic rings. The van der Waals surface area contributed by atoms with Crippen LogP contribution in [0.25, 0.3) is 21.5 Å². The Morgan fingerprint density at radius 1 is 1.00 bits per heavy atom. The minimum atomic E-state index is -0.228. The Labute approximate surface area is 157 Å². The summed E-state index contributed by atoms with van der Waals surface area (Å²) in [5.74, 6) is 0.480. The summed E-state index contributed by atoms with van der Waals surface area (Å²) in [5, 5.41) is 1.57. The van der Waals surface area contributed by atoms with E-state index in [0.717, 1.165) is 32.1 Å². The number of nitrogens with zero attached hydrogens (tertiary/aromatic N) is 3. The zero-order valence-corrected chi connectivity index (χ0v) is 15.2. The van der Waals surface area contributed by atoms with Crippen LogP contribution in [0.15, 0.2) is 59.9 Å². The minimum absolute atomic E-state index is 0.228. The summed E-state index contributed by atoms with van der Waals surface area (Å²) in [6.45, 7) is 0. The molecule has 0 saturated heterocycles. The third-order valence-corrected chi connectivity index (χ3v) is 5.92. The van der Waals surface area contributed by atoms with Gasteiger partial charge in [0.25, 0.3) is 0 Å². The lowest BCUT2D eigenvalue weighted by Crippen LogP contribution is -1.87. The van der Waals surface area contributed by atoms with Crippen LogP contribution >= 0.6 is 34.9 Å². The second kappa shape index (κ2) is 7.07. The predicted octanol–water partition coefficient (Wildman–Crippen LogP) is 5.84. The molecule has 4 rings (SSSR count). The predicted molar refractivity (Wildman–Crippen MR) is 102 cm³/mol. The van der Waals surface area contributed by atoms with Gasteiger partial charge in [0.05, 0.1) is 0 Å². The summed E-state index contributed by atoms with van der Waals surface area (Å²) in [5.41, 5.74) is 3.69. The molecule has 0 aliphatic heterocycles. The fourth-order valence-electron chi connectivity index (χ4n) is 2.38. The Morgan fingerprint density at radius 2 is 1.76 bits per heavy atom. The third kappa shape index (κ3) is 3.51. The Hall–Kier alpha value is -2.02. The van der Waals surface area contributed by atoms with Crippen LogP contribution in [0, 0.1) is 5.82 Å². The lowest BCUT2D eigenvalue weighted by Gasteiger charge is -2.03. The van der Waals surface area contributed by atoms with Gasteiger partial charge in [-0.1, -0.05) is 35.9 Å². The highest BCUT2D eigenvalue weighted by Crippen LogP contribution is 2.35. The van der Waals surface area contributed by atoms with E-state index in [9.17, 15) is 4.39 Å². The van der Waals surface area contributed by atoms with Crippen LogP contribution in [-0.4, -0.2) is 14.3 Å². The van der Waals surface area contributed by atoms with Gasteiger partial charge in [0.1, 0.15) is 33.1 Å². The average molecular weight is 388 g/mol. The van der Waals surface area contributed by atoms with E-state index >= 15 is 0 Å². The summed E-state index contributed by atoms with van der Waals surface area (Å²) in [7, 11) is 0. The largest absolute Gasteiger partial charge is 0.233 e. The number of halogens is 2. The molecule has 0 amide bonds. The van der Waals surface area contributed by atoms with Gasteiger partial charge in [-0.3, -0.25) is 0 Å². The first-order chi connectivity index (χ1) is 12.2. The summed E-state index contributed by atoms with van der Waals surface area (Å²) < 4.78 is 18.5. The first-order valence-electron chi connectivity index (χ1n) is 7.44. The molecule has 0 N–H and O–H groups in total. The van der Waals surface area contributed by atoms with Crippen LogP contribution in [0.5, 0.6) is 0 Å². The standard InChI is InChI=1S/C18H11ClFN3S2/c19-13-5-3-12(4-6-13)15-16-17(25-23-15)18(22-10-21-16)24-9-11-1-7-14(20)8-2-11/h1-8,10H,9H2. The molecule has 3 nitrogen and oxygen atoms in total. The number of fused-ring (bicyclic) bond motifs is 1. The molecule has 0 atom stereocenters. The summed E-state index contributed by atoms with van der Waals surface area (Å²) in [6.07, 6.45) is 1.56. The molecule has 0 bridgehead atoms. The van der Waals surface area contributed by atoms with Crippen LogP contribution < -0.4 is 0 Å². The van der Waals surface area contributed by atoms with E-state index in [1.165, 1.54) is 23.7 Å². The van der Waals surface area contributed by atoms with Crippen LogP contribution in [0.2, 0.25) is 5.02 Å². The Bertz CT molecular complexity index is 1020. The van der Waals surface area contributed by atoms with Gasteiger partial charge >= 0.3 is 0 Å². The average Bonchev–Trinajstić information content (AvgIpc) is 3.07. The summed E-state index contributed by atoms with van der Waals surface area (Å²) in [6, 6.07) is 14.1. The molecule has 0 spiro atoms. The maximum absolute atomic E-state index is 13.0. The molecule has 7 heteroatoms. The smallest absolute Gasteiger partial charge is 0.123 e. The van der Waals surface area contributed by atoms with E-state index in [-0.39, 0.29) is 5.82 Å². The number of thioether (sulfide) groups is 1. The normalized spacial score (nSPS) is 11.1. The zero-order chi connectivity index (χ0) is 17.2. The summed E-state index contributed by atoms with van der Waals surface area (Å²) >= 11 is 8.94. The lowest BCUT2D eigenvalue weighted by molar-refractivity contribution is 0.627. The second-order valence-corrected chi connectivity index (χ2v) is 7.48. The van der Waals surface area contributed by atoms with Gasteiger partial charge in [0, 0.05) is 16.3 Å². The van der Waals surface area contributed by atoms with Crippen molar-refractivity contribution in [1.82, 2.24) is 14.3 Å². The van der Waals surface area contributed by atoms with Crippen molar-refractivity contribution in [2.45, 2.75) is 10.8 Å². The molecule has 0 aliphatic carbocycles. The fourth-order valence-corrected chi connectivity index (χ4v) is 4.38. The van der Waals surface area contributed by atoms with Crippen molar-refractivity contribution in [3.8, 4) is 11.3 Å². The first kappa shape index (κ1) is 16.4. The molecule has 2 heterocycles. The SMILES string of the molecule is Fc1ccc(CSc2ncnc3c(-c4ccc(Cl)cc4)nsc23)cc1. The van der Waals surface area contributed by atoms with Crippen molar-refractivity contribution in [3.05, 3.63) is 71.3 Å². The van der Waals surface area contributed by atoms with Crippen molar-refractivity contribution >= 4 is 45.1 Å². The number of hydrogen-bond donors (Lipinski definition) is 0. The molecule has 0 aliphatic rings. The van der Waals surface area contributed by atoms with Crippen molar-refractivity contribution in [2.75, 3.05) is 0 Å². The monoisotopic (exact) mass is 387 g/mol. The molecule has 0 saturated carbocycles. The van der Waals surface area contributed by atoms with Crippen LogP contribution in [-0.2, 0) is 5.75 Å². The highest BCUT2D eigenvalue weighted by Gasteiger charge is 2.14. The summed E-state index contributed by atoms with van der Waals surface area (Å²) in [4.78, 5) is 8.80. The van der Waals surface area contributed by atoms with Gasteiger partial charge < -0.3 is 0 Å². The second-order valence-electron chi connectivity index (χ2n) is 5.31. The van der Waals surface area contributed by atoms with E-state index in [2.05, 4.69) is 14.3 Å². The van der Waals surface area contributed by atoms with Crippen LogP contribution in [0.4, 0.5) is 4.39 Å². The number of aromatic nitrogens is 3. The molecule has 2 aromatic carbocycles. The number of benzene rings is 2. The topological polar surface area (TPSA) is 38.7 Å². The van der Waals surface area contributed by atoms with E-state index in [1.807, 2.05) is 24.3 Å². The maximum atomic E-state index is 13.0. The molecule has 0 unspecified atom stereocenters. The van der Waals surface area contributed by atoms with Gasteiger partial charge in [0.2, 0.25) is 0 Å². The van der Waals surface area contributed by atoms with Gasteiger partial charge in [-0.15, -0.1) is 11.8 Å². The van der Waals surface area contributed by atoms with Crippen molar-refractivity contribution < 1.29 is 4.39 Å². The van der Waals surface area contributed by atoms with E-state index in [4.69, 9.17) is 11.6 Å². The molecular weight excluding hydrogens is 377 g/mol. The highest BCUT2D eigenvalue weighted by molar-refractivity contribution is 7.98. The van der Waals surface area contributed by atoms with E-state index in [1.54, 1.807) is 30.2 Å². The van der Waals surface area contributed by atoms with Crippen molar-refractivity contribution in [3.63, 3.8) is 0 Å². The molecule has 25 heavy (non-hydrogen) atoms. The van der Waals surface area contributed by atoms with E-state index < -0.39 is 0 Å². The Balaban J connectivity index is 1.64. The fraction of sp³-hybridized carbons (Fsp3) is 0.0556. The van der Waals surface area contributed by atoms with Crippen LogP contribution in [0.3, 0.4) is 0 Å². The molecule has 124 valence electrons. The molecule has 2 aromatic heterocycles. The van der Waals surface area contributed by atoms with Gasteiger partial charge in [0.15, 0.2) is 0 Å². The molecular formula is C18H11ClFN3S2. The molecule has 0 fully saturated rings. The maximum Gasteiger partial charge on any atom is 0.123 e. The third-order valence-electron chi connectivity index (χ3n) is 3.63. The minimum Gasteiger partial charge on any atom is -0.233 e. The number of rotatable bonds is 4. The number of hydrogen-bond acceptors (Lipinski definition) is 5. The van der Waals surface area contributed by atoms with Crippen molar-refractivity contribution in [1.29, 1.82) is 0 Å². The zero-order valence-electron chi connectivity index (χ0n) is 12.8. The highest BCUT2D eigenvalue weighted by atomic mass is 35.5. The van der Waals surface area contributed by atoms with Gasteiger partial charge in [-0.25, -0.2) is 14.4 Å². The molecule has 0 radical (unpaired) electrons. The first-order valence-corrected chi connectivity index (χ1v) is 9.58. The van der Waals surface area contributed by atoms with Crippen LogP contribution in [0.1, 0.15) is 5.56 Å². The Kier molecular flexibility index (Phi) is 4.65. The van der Waals surface area contributed by atoms with E-state index in [0.29, 0.717) is 10.8 Å². The van der Waals surface area contributed by atoms with Gasteiger partial charge in [-0.05, 0) is 41.4 Å². The van der Waals surface area contributed by atoms with Gasteiger partial charge in [-0.2, -0.15) is 4.37 Å². The Morgan fingerprint density at radius 3 is 2.52 bits per heavy atom. The quantitative estimate of drug-likeness (QED) is 0.326.